The van der Waals surface area contributed by atoms with E-state index in [9.17, 15) is 4.21 Å². The molecule has 1 aromatic rings. The van der Waals surface area contributed by atoms with Crippen LogP contribution in [0.5, 0.6) is 0 Å². The van der Waals surface area contributed by atoms with E-state index in [2.05, 4.69) is 45.0 Å². The number of hydrogen-bond donors (Lipinski definition) is 2. The van der Waals surface area contributed by atoms with Crippen molar-refractivity contribution in [2.75, 3.05) is 39.0 Å². The van der Waals surface area contributed by atoms with E-state index in [1.54, 1.807) is 0 Å². The highest BCUT2D eigenvalue weighted by Gasteiger charge is 2.28. The molecule has 2 fully saturated rings. The average molecular weight is 569 g/mol. The quantitative estimate of drug-likeness (QED) is 0.300. The van der Waals surface area contributed by atoms with Gasteiger partial charge in [0.25, 0.3) is 0 Å². The van der Waals surface area contributed by atoms with Gasteiger partial charge in [-0.2, -0.15) is 0 Å². The molecule has 1 saturated heterocycles. The van der Waals surface area contributed by atoms with Crippen LogP contribution in [0.2, 0.25) is 0 Å². The zero-order valence-electron chi connectivity index (χ0n) is 18.3. The van der Waals surface area contributed by atoms with Crippen LogP contribution in [-0.4, -0.2) is 71.5 Å². The number of ether oxygens (including phenoxy) is 1. The summed E-state index contributed by atoms with van der Waals surface area (Å²) in [7, 11) is 1.12. The number of aliphatic imine (C=N–C) groups is 1. The normalized spacial score (nSPS) is 27.7. The summed E-state index contributed by atoms with van der Waals surface area (Å²) in [4.78, 5) is 8.35. The molecule has 0 aromatic carbocycles. The summed E-state index contributed by atoms with van der Waals surface area (Å²) in [5, 5.41) is 9.62. The lowest BCUT2D eigenvalue weighted by molar-refractivity contribution is -0.0334. The van der Waals surface area contributed by atoms with Crippen LogP contribution in [0.25, 0.3) is 0 Å². The molecule has 2 N–H and O–H groups in total. The zero-order valence-corrected chi connectivity index (χ0v) is 22.3. The molecule has 1 saturated carbocycles. The van der Waals surface area contributed by atoms with Gasteiger partial charge in [0.2, 0.25) is 0 Å². The molecule has 0 radical (unpaired) electrons. The van der Waals surface area contributed by atoms with Crippen LogP contribution < -0.4 is 10.6 Å². The Labute approximate surface area is 205 Å². The summed E-state index contributed by atoms with van der Waals surface area (Å²) in [6.45, 7) is 7.66. The van der Waals surface area contributed by atoms with E-state index >= 15 is 0 Å². The van der Waals surface area contributed by atoms with E-state index < -0.39 is 10.8 Å². The first-order chi connectivity index (χ1) is 14.1. The van der Waals surface area contributed by atoms with Gasteiger partial charge in [-0.1, -0.05) is 19.4 Å². The van der Waals surface area contributed by atoms with Gasteiger partial charge >= 0.3 is 0 Å². The summed E-state index contributed by atoms with van der Waals surface area (Å²) < 4.78 is 18.0. The van der Waals surface area contributed by atoms with Gasteiger partial charge in [0.05, 0.1) is 18.8 Å². The Morgan fingerprint density at radius 2 is 2.30 bits per heavy atom. The smallest absolute Gasteiger partial charge is 0.191 e. The predicted molar refractivity (Wildman–Crippen MR) is 139 cm³/mol. The highest BCUT2D eigenvalue weighted by Crippen LogP contribution is 2.27. The summed E-state index contributed by atoms with van der Waals surface area (Å²) >= 11 is 1.81. The maximum atomic E-state index is 12.2. The average Bonchev–Trinajstić information content (AvgIpc) is 3.27. The van der Waals surface area contributed by atoms with Gasteiger partial charge in [0, 0.05) is 59.4 Å². The second-order valence-corrected chi connectivity index (χ2v) is 10.9. The Balaban J connectivity index is 0.00000320. The van der Waals surface area contributed by atoms with E-state index in [-0.39, 0.29) is 30.1 Å². The maximum absolute atomic E-state index is 12.2. The summed E-state index contributed by atoms with van der Waals surface area (Å²) in [6.07, 6.45) is 4.57. The van der Waals surface area contributed by atoms with Gasteiger partial charge < -0.3 is 15.4 Å². The Kier molecular flexibility index (Phi) is 11.6. The van der Waals surface area contributed by atoms with Gasteiger partial charge in [-0.05, 0) is 37.6 Å². The molecule has 2 aliphatic rings. The first kappa shape index (κ1) is 26.0. The van der Waals surface area contributed by atoms with Crippen molar-refractivity contribution in [3.8, 4) is 0 Å². The van der Waals surface area contributed by atoms with Crippen molar-refractivity contribution in [3.63, 3.8) is 0 Å². The molecule has 3 rings (SSSR count). The third kappa shape index (κ3) is 7.43. The van der Waals surface area contributed by atoms with Crippen LogP contribution in [0.3, 0.4) is 0 Å². The van der Waals surface area contributed by atoms with Crippen LogP contribution in [0.4, 0.5) is 0 Å². The lowest BCUT2D eigenvalue weighted by Gasteiger charge is -2.37. The standard InChI is InChI=1S/C21H36N4O2S2.HI/c1-4-29(26)18-8-5-7-17(13-18)24-21(22-3)23-14-19(20-9-6-12-28-20)25-10-11-27-16(2)15-25;/h6,9,12,16-19H,4-5,7-8,10-11,13-15H2,1-3H3,(H2,22,23,24);1H. The lowest BCUT2D eigenvalue weighted by atomic mass is 9.95. The van der Waals surface area contributed by atoms with Gasteiger partial charge in [0.1, 0.15) is 0 Å². The van der Waals surface area contributed by atoms with Crippen molar-refractivity contribution in [3.05, 3.63) is 22.4 Å². The molecule has 2 heterocycles. The zero-order chi connectivity index (χ0) is 20.6. The van der Waals surface area contributed by atoms with Crippen LogP contribution in [0, 0.1) is 0 Å². The van der Waals surface area contributed by atoms with Crippen molar-refractivity contribution in [2.24, 2.45) is 4.99 Å². The summed E-state index contributed by atoms with van der Waals surface area (Å²) in [5.41, 5.74) is 0. The summed E-state index contributed by atoms with van der Waals surface area (Å²) in [6, 6.07) is 5.00. The number of morpholine rings is 1. The fraction of sp³-hybridized carbons (Fsp3) is 0.762. The lowest BCUT2D eigenvalue weighted by Crippen LogP contribution is -2.50. The number of thiophene rings is 1. The SMILES string of the molecule is CCS(=O)C1CCCC(NC(=NC)NCC(c2cccs2)N2CCOC(C)C2)C1.I. The van der Waals surface area contributed by atoms with Crippen LogP contribution >= 0.6 is 35.3 Å². The highest BCUT2D eigenvalue weighted by atomic mass is 127. The number of halogens is 1. The number of rotatable bonds is 7. The molecule has 6 nitrogen and oxygen atoms in total. The summed E-state index contributed by atoms with van der Waals surface area (Å²) in [5.74, 6) is 1.60. The molecule has 172 valence electrons. The molecule has 0 amide bonds. The van der Waals surface area contributed by atoms with Gasteiger partial charge in [0.15, 0.2) is 5.96 Å². The number of guanidine groups is 1. The van der Waals surface area contributed by atoms with Crippen LogP contribution in [0.15, 0.2) is 22.5 Å². The highest BCUT2D eigenvalue weighted by molar-refractivity contribution is 14.0. The monoisotopic (exact) mass is 568 g/mol. The molecule has 9 heteroatoms. The first-order valence-electron chi connectivity index (χ1n) is 10.8. The number of hydrogen-bond acceptors (Lipinski definition) is 5. The Bertz CT molecular complexity index is 674. The molecular formula is C21H37IN4O2S2. The molecule has 5 unspecified atom stereocenters. The van der Waals surface area contributed by atoms with Crippen molar-refractivity contribution in [1.82, 2.24) is 15.5 Å². The van der Waals surface area contributed by atoms with Crippen LogP contribution in [0.1, 0.15) is 50.4 Å². The van der Waals surface area contributed by atoms with Gasteiger partial charge in [-0.15, -0.1) is 35.3 Å². The maximum Gasteiger partial charge on any atom is 0.191 e. The Hall–Kier alpha value is -0.230. The number of nitrogens with zero attached hydrogens (tertiary/aromatic N) is 2. The van der Waals surface area contributed by atoms with Crippen molar-refractivity contribution in [1.29, 1.82) is 0 Å². The minimum Gasteiger partial charge on any atom is -0.376 e. The molecule has 30 heavy (non-hydrogen) atoms. The molecule has 5 atom stereocenters. The Morgan fingerprint density at radius 1 is 1.47 bits per heavy atom. The molecule has 0 spiro atoms. The third-order valence-electron chi connectivity index (χ3n) is 5.89. The number of nitrogens with one attached hydrogen (secondary N) is 2. The molecule has 0 bridgehead atoms. The Morgan fingerprint density at radius 3 is 2.97 bits per heavy atom. The van der Waals surface area contributed by atoms with Crippen molar-refractivity contribution in [2.45, 2.75) is 63.0 Å². The predicted octanol–water partition coefficient (Wildman–Crippen LogP) is 3.37. The molecular weight excluding hydrogens is 531 g/mol. The fourth-order valence-electron chi connectivity index (χ4n) is 4.35. The minimum atomic E-state index is -0.707. The van der Waals surface area contributed by atoms with Gasteiger partial charge in [-0.25, -0.2) is 0 Å². The van der Waals surface area contributed by atoms with E-state index in [4.69, 9.17) is 4.74 Å². The second kappa shape index (κ2) is 13.3. The van der Waals surface area contributed by atoms with Gasteiger partial charge in [-0.3, -0.25) is 14.1 Å². The third-order valence-corrected chi connectivity index (χ3v) is 8.61. The van der Waals surface area contributed by atoms with Crippen LogP contribution in [-0.2, 0) is 15.5 Å². The van der Waals surface area contributed by atoms with E-state index in [1.807, 2.05) is 25.3 Å². The van der Waals surface area contributed by atoms with E-state index in [1.165, 1.54) is 4.88 Å². The molecule has 1 aliphatic heterocycles. The largest absolute Gasteiger partial charge is 0.376 e. The fourth-order valence-corrected chi connectivity index (χ4v) is 6.56. The molecule has 1 aliphatic carbocycles. The second-order valence-electron chi connectivity index (χ2n) is 7.96. The van der Waals surface area contributed by atoms with E-state index in [0.717, 1.165) is 63.6 Å². The van der Waals surface area contributed by atoms with Crippen molar-refractivity contribution >= 4 is 52.1 Å². The van der Waals surface area contributed by atoms with E-state index in [0.29, 0.717) is 17.3 Å². The topological polar surface area (TPSA) is 66.0 Å². The molecule has 1 aromatic heterocycles. The minimum absolute atomic E-state index is 0. The van der Waals surface area contributed by atoms with Crippen molar-refractivity contribution < 1.29 is 8.95 Å². The first-order valence-corrected chi connectivity index (χ1v) is 13.1.